The van der Waals surface area contributed by atoms with Crippen LogP contribution in [0, 0.1) is 0 Å². The molecule has 0 spiro atoms. The van der Waals surface area contributed by atoms with Crippen LogP contribution in [0.25, 0.3) is 5.57 Å². The number of hydrogen-bond acceptors (Lipinski definition) is 2. The van der Waals surface area contributed by atoms with E-state index in [4.69, 9.17) is 23.2 Å². The quantitative estimate of drug-likeness (QED) is 0.766. The third-order valence-electron chi connectivity index (χ3n) is 3.36. The number of benzene rings is 1. The zero-order valence-corrected chi connectivity index (χ0v) is 12.3. The van der Waals surface area contributed by atoms with Gasteiger partial charge in [-0.2, -0.15) is 0 Å². The smallest absolute Gasteiger partial charge is 0.221 e. The lowest BCUT2D eigenvalue weighted by atomic mass is 9.99. The van der Waals surface area contributed by atoms with Crippen molar-refractivity contribution in [1.29, 1.82) is 0 Å². The minimum absolute atomic E-state index is 0.241. The van der Waals surface area contributed by atoms with Gasteiger partial charge in [0.05, 0.1) is 0 Å². The van der Waals surface area contributed by atoms with E-state index in [0.29, 0.717) is 6.42 Å². The zero-order valence-electron chi connectivity index (χ0n) is 10.7. The first-order chi connectivity index (χ1) is 9.15. The largest absolute Gasteiger partial charge is 0.299 e. The molecule has 0 saturated carbocycles. The molecule has 0 bridgehead atoms. The van der Waals surface area contributed by atoms with E-state index in [0.717, 1.165) is 37.5 Å². The van der Waals surface area contributed by atoms with Crippen LogP contribution in [-0.2, 0) is 4.79 Å². The molecule has 0 unspecified atom stereocenters. The maximum atomic E-state index is 10.7. The molecule has 1 aromatic rings. The third-order valence-corrected chi connectivity index (χ3v) is 3.80. The maximum Gasteiger partial charge on any atom is 0.221 e. The Balaban J connectivity index is 1.85. The maximum absolute atomic E-state index is 10.7. The number of carbonyl (C=O) groups excluding carboxylic acids is 1. The molecular formula is C15H17Cl2NO. The molecule has 0 atom stereocenters. The van der Waals surface area contributed by atoms with Gasteiger partial charge in [0.1, 0.15) is 0 Å². The number of carbonyl (C=O) groups is 1. The summed E-state index contributed by atoms with van der Waals surface area (Å²) >= 11 is 11.2. The van der Waals surface area contributed by atoms with E-state index >= 15 is 0 Å². The Kier molecular flexibility index (Phi) is 5.44. The van der Waals surface area contributed by atoms with Gasteiger partial charge < -0.3 is 0 Å². The van der Waals surface area contributed by atoms with E-state index in [2.05, 4.69) is 23.1 Å². The molecule has 0 fully saturated rings. The van der Waals surface area contributed by atoms with E-state index in [1.54, 1.807) is 0 Å². The fourth-order valence-corrected chi connectivity index (χ4v) is 2.54. The Morgan fingerprint density at radius 1 is 1.26 bits per heavy atom. The van der Waals surface area contributed by atoms with Crippen molar-refractivity contribution in [2.24, 2.45) is 0 Å². The van der Waals surface area contributed by atoms with Crippen molar-refractivity contribution >= 4 is 34.0 Å². The Labute approximate surface area is 124 Å². The molecule has 2 rings (SSSR count). The molecule has 1 aliphatic rings. The molecule has 0 saturated heterocycles. The molecule has 4 heteroatoms. The number of halogens is 2. The van der Waals surface area contributed by atoms with Crippen molar-refractivity contribution in [3.63, 3.8) is 0 Å². The van der Waals surface area contributed by atoms with Gasteiger partial charge in [-0.25, -0.2) is 0 Å². The van der Waals surface area contributed by atoms with Crippen molar-refractivity contribution < 1.29 is 4.79 Å². The second-order valence-electron chi connectivity index (χ2n) is 4.75. The van der Waals surface area contributed by atoms with Crippen LogP contribution in [0.4, 0.5) is 0 Å². The summed E-state index contributed by atoms with van der Waals surface area (Å²) in [6.45, 7) is 2.90. The summed E-state index contributed by atoms with van der Waals surface area (Å²) in [5.41, 5.74) is 2.63. The van der Waals surface area contributed by atoms with Crippen LogP contribution < -0.4 is 0 Å². The second kappa shape index (κ2) is 7.09. The summed E-state index contributed by atoms with van der Waals surface area (Å²) in [6.07, 6.45) is 4.60. The standard InChI is InChI=1S/C15H17Cl2NO/c16-14-5-3-12(4-6-14)13-7-10-18(11-8-13)9-1-2-15(17)19/h3-7H,1-2,8-11H2. The first-order valence-corrected chi connectivity index (χ1v) is 7.26. The van der Waals surface area contributed by atoms with Crippen LogP contribution in [0.2, 0.25) is 5.02 Å². The zero-order chi connectivity index (χ0) is 13.7. The fraction of sp³-hybridized carbons (Fsp3) is 0.400. The van der Waals surface area contributed by atoms with Gasteiger partial charge in [0, 0.05) is 24.5 Å². The Bertz CT molecular complexity index is 468. The van der Waals surface area contributed by atoms with Crippen molar-refractivity contribution in [1.82, 2.24) is 4.90 Å². The fourth-order valence-electron chi connectivity index (χ4n) is 2.28. The highest BCUT2D eigenvalue weighted by atomic mass is 35.5. The number of rotatable bonds is 5. The van der Waals surface area contributed by atoms with Crippen molar-refractivity contribution in [2.45, 2.75) is 19.3 Å². The molecule has 1 aliphatic heterocycles. The topological polar surface area (TPSA) is 20.3 Å². The van der Waals surface area contributed by atoms with Crippen molar-refractivity contribution in [3.8, 4) is 0 Å². The molecule has 1 heterocycles. The molecule has 1 aromatic carbocycles. The predicted molar refractivity (Wildman–Crippen MR) is 80.6 cm³/mol. The summed E-state index contributed by atoms with van der Waals surface area (Å²) in [5.74, 6) is 0. The first kappa shape index (κ1) is 14.6. The van der Waals surface area contributed by atoms with Gasteiger partial charge in [-0.1, -0.05) is 29.8 Å². The molecule has 0 amide bonds. The summed E-state index contributed by atoms with van der Waals surface area (Å²) in [4.78, 5) is 13.0. The lowest BCUT2D eigenvalue weighted by Gasteiger charge is -2.26. The molecule has 102 valence electrons. The van der Waals surface area contributed by atoms with Crippen molar-refractivity contribution in [2.75, 3.05) is 19.6 Å². The highest BCUT2D eigenvalue weighted by Gasteiger charge is 2.12. The molecule has 19 heavy (non-hydrogen) atoms. The monoisotopic (exact) mass is 297 g/mol. The van der Waals surface area contributed by atoms with E-state index < -0.39 is 0 Å². The summed E-state index contributed by atoms with van der Waals surface area (Å²) in [5, 5.41) is 0.530. The number of hydrogen-bond donors (Lipinski definition) is 0. The molecule has 2 nitrogen and oxygen atoms in total. The van der Waals surface area contributed by atoms with Crippen molar-refractivity contribution in [3.05, 3.63) is 40.9 Å². The van der Waals surface area contributed by atoms with Gasteiger partial charge in [-0.3, -0.25) is 9.69 Å². The molecular weight excluding hydrogens is 281 g/mol. The van der Waals surface area contributed by atoms with Crippen LogP contribution in [0.15, 0.2) is 30.3 Å². The Morgan fingerprint density at radius 3 is 2.58 bits per heavy atom. The van der Waals surface area contributed by atoms with Crippen LogP contribution >= 0.6 is 23.2 Å². The van der Waals surface area contributed by atoms with E-state index in [9.17, 15) is 4.79 Å². The van der Waals surface area contributed by atoms with Crippen LogP contribution in [0.5, 0.6) is 0 Å². The van der Waals surface area contributed by atoms with Gasteiger partial charge in [-0.05, 0) is 54.3 Å². The average molecular weight is 298 g/mol. The Hall–Kier alpha value is -0.830. The summed E-state index contributed by atoms with van der Waals surface area (Å²) in [6, 6.07) is 7.98. The highest BCUT2D eigenvalue weighted by Crippen LogP contribution is 2.23. The highest BCUT2D eigenvalue weighted by molar-refractivity contribution is 6.63. The molecule has 0 aromatic heterocycles. The molecule has 0 aliphatic carbocycles. The SMILES string of the molecule is O=C(Cl)CCCN1CC=C(c2ccc(Cl)cc2)CC1. The molecule has 0 N–H and O–H groups in total. The molecule has 0 radical (unpaired) electrons. The van der Waals surface area contributed by atoms with Crippen LogP contribution in [0.1, 0.15) is 24.8 Å². The summed E-state index contributed by atoms with van der Waals surface area (Å²) in [7, 11) is 0. The Morgan fingerprint density at radius 2 is 2.00 bits per heavy atom. The lowest BCUT2D eigenvalue weighted by molar-refractivity contribution is -0.111. The van der Waals surface area contributed by atoms with Crippen LogP contribution in [0.3, 0.4) is 0 Å². The first-order valence-electron chi connectivity index (χ1n) is 6.51. The van der Waals surface area contributed by atoms with Gasteiger partial charge in [-0.15, -0.1) is 0 Å². The van der Waals surface area contributed by atoms with E-state index in [1.165, 1.54) is 11.1 Å². The van der Waals surface area contributed by atoms with Gasteiger partial charge in [0.2, 0.25) is 5.24 Å². The lowest BCUT2D eigenvalue weighted by Crippen LogP contribution is -2.29. The average Bonchev–Trinajstić information content (AvgIpc) is 2.40. The number of nitrogens with zero attached hydrogens (tertiary/aromatic N) is 1. The minimum atomic E-state index is -0.241. The summed E-state index contributed by atoms with van der Waals surface area (Å²) < 4.78 is 0. The van der Waals surface area contributed by atoms with E-state index in [-0.39, 0.29) is 5.24 Å². The third kappa shape index (κ3) is 4.64. The van der Waals surface area contributed by atoms with Crippen LogP contribution in [-0.4, -0.2) is 29.8 Å². The predicted octanol–water partition coefficient (Wildman–Crippen LogP) is 3.97. The minimum Gasteiger partial charge on any atom is -0.299 e. The van der Waals surface area contributed by atoms with E-state index in [1.807, 2.05) is 12.1 Å². The van der Waals surface area contributed by atoms with Gasteiger partial charge in [0.15, 0.2) is 0 Å². The second-order valence-corrected chi connectivity index (χ2v) is 5.60. The van der Waals surface area contributed by atoms with Gasteiger partial charge >= 0.3 is 0 Å². The van der Waals surface area contributed by atoms with Gasteiger partial charge in [0.25, 0.3) is 0 Å². The normalized spacial score (nSPS) is 16.2.